The van der Waals surface area contributed by atoms with E-state index in [0.717, 1.165) is 23.7 Å². The van der Waals surface area contributed by atoms with Crippen LogP contribution in [0.25, 0.3) is 0 Å². The summed E-state index contributed by atoms with van der Waals surface area (Å²) < 4.78 is 0. The van der Waals surface area contributed by atoms with Gasteiger partial charge in [0, 0.05) is 18.3 Å². The molecule has 1 aromatic rings. The zero-order valence-electron chi connectivity index (χ0n) is 11.3. The van der Waals surface area contributed by atoms with Crippen molar-refractivity contribution in [2.45, 2.75) is 40.0 Å². The number of anilines is 1. The predicted molar refractivity (Wildman–Crippen MR) is 75.2 cm³/mol. The number of thiazole rings is 1. The first-order chi connectivity index (χ1) is 8.51. The van der Waals surface area contributed by atoms with Crippen LogP contribution in [0.4, 0.5) is 5.13 Å². The molecule has 0 aliphatic heterocycles. The van der Waals surface area contributed by atoms with E-state index in [1.807, 2.05) is 5.38 Å². The Morgan fingerprint density at radius 3 is 2.78 bits per heavy atom. The highest BCUT2D eigenvalue weighted by molar-refractivity contribution is 7.13. The Labute approximate surface area is 112 Å². The van der Waals surface area contributed by atoms with E-state index in [9.17, 15) is 4.79 Å². The zero-order chi connectivity index (χ0) is 13.5. The Balaban J connectivity index is 2.47. The summed E-state index contributed by atoms with van der Waals surface area (Å²) >= 11 is 1.58. The third-order valence-electron chi connectivity index (χ3n) is 2.72. The van der Waals surface area contributed by atoms with Crippen molar-refractivity contribution >= 4 is 22.4 Å². The van der Waals surface area contributed by atoms with Crippen LogP contribution in [0.3, 0.4) is 0 Å². The predicted octanol–water partition coefficient (Wildman–Crippen LogP) is 3.25. The molecule has 1 heterocycles. The second-order valence-corrected chi connectivity index (χ2v) is 5.83. The first-order valence-electron chi connectivity index (χ1n) is 6.41. The maximum absolute atomic E-state index is 10.8. The lowest BCUT2D eigenvalue weighted by Gasteiger charge is -2.17. The van der Waals surface area contributed by atoms with E-state index in [2.05, 4.69) is 31.1 Å². The van der Waals surface area contributed by atoms with Gasteiger partial charge in [0.05, 0.1) is 5.69 Å². The Morgan fingerprint density at radius 1 is 1.56 bits per heavy atom. The van der Waals surface area contributed by atoms with Crippen molar-refractivity contribution in [1.29, 1.82) is 0 Å². The normalized spacial score (nSPS) is 12.7. The van der Waals surface area contributed by atoms with Crippen LogP contribution in [0.1, 0.15) is 39.3 Å². The highest BCUT2D eigenvalue weighted by Crippen LogP contribution is 2.19. The molecule has 4 nitrogen and oxygen atoms in total. The molecule has 0 saturated heterocycles. The standard InChI is InChI=1S/C13H22N2O2S/c1-4-11-8-18-13(15-11)14-7-10(5-9(2)3)6-12(16)17/h8-10H,4-7H2,1-3H3,(H,14,15)(H,16,17). The van der Waals surface area contributed by atoms with Crippen molar-refractivity contribution in [3.05, 3.63) is 11.1 Å². The SMILES string of the molecule is CCc1csc(NCC(CC(=O)O)CC(C)C)n1. The topological polar surface area (TPSA) is 62.2 Å². The number of aliphatic carboxylic acids is 1. The summed E-state index contributed by atoms with van der Waals surface area (Å²) in [5, 5.41) is 15.1. The van der Waals surface area contributed by atoms with Crippen LogP contribution >= 0.6 is 11.3 Å². The fourth-order valence-corrected chi connectivity index (χ4v) is 2.74. The summed E-state index contributed by atoms with van der Waals surface area (Å²) in [5.41, 5.74) is 1.08. The van der Waals surface area contributed by atoms with Crippen LogP contribution < -0.4 is 5.32 Å². The fourth-order valence-electron chi connectivity index (χ4n) is 1.93. The third-order valence-corrected chi connectivity index (χ3v) is 3.57. The molecule has 1 atom stereocenters. The largest absolute Gasteiger partial charge is 0.481 e. The number of rotatable bonds is 8. The van der Waals surface area contributed by atoms with Gasteiger partial charge in [0.1, 0.15) is 0 Å². The van der Waals surface area contributed by atoms with Gasteiger partial charge in [-0.05, 0) is 24.7 Å². The fraction of sp³-hybridized carbons (Fsp3) is 0.692. The first-order valence-corrected chi connectivity index (χ1v) is 7.29. The molecule has 0 spiro atoms. The minimum Gasteiger partial charge on any atom is -0.481 e. The van der Waals surface area contributed by atoms with Gasteiger partial charge in [-0.25, -0.2) is 4.98 Å². The minimum absolute atomic E-state index is 0.163. The molecule has 0 radical (unpaired) electrons. The minimum atomic E-state index is -0.726. The monoisotopic (exact) mass is 270 g/mol. The molecule has 0 fully saturated rings. The molecule has 1 rings (SSSR count). The molecule has 0 amide bonds. The maximum atomic E-state index is 10.8. The van der Waals surface area contributed by atoms with Crippen LogP contribution in [0.15, 0.2) is 5.38 Å². The lowest BCUT2D eigenvalue weighted by molar-refractivity contribution is -0.138. The average Bonchev–Trinajstić information content (AvgIpc) is 2.72. The van der Waals surface area contributed by atoms with Gasteiger partial charge < -0.3 is 10.4 Å². The van der Waals surface area contributed by atoms with Crippen molar-refractivity contribution in [1.82, 2.24) is 4.98 Å². The highest BCUT2D eigenvalue weighted by atomic mass is 32.1. The number of hydrogen-bond donors (Lipinski definition) is 2. The van der Waals surface area contributed by atoms with E-state index in [1.54, 1.807) is 11.3 Å². The van der Waals surface area contributed by atoms with Gasteiger partial charge >= 0.3 is 5.97 Å². The number of carboxylic acid groups (broad SMARTS) is 1. The average molecular weight is 270 g/mol. The molecule has 1 unspecified atom stereocenters. The molecule has 0 bridgehead atoms. The van der Waals surface area contributed by atoms with E-state index in [4.69, 9.17) is 5.11 Å². The van der Waals surface area contributed by atoms with Crippen molar-refractivity contribution in [3.63, 3.8) is 0 Å². The first kappa shape index (κ1) is 15.0. The molecule has 0 aliphatic rings. The number of carboxylic acids is 1. The summed E-state index contributed by atoms with van der Waals surface area (Å²) in [7, 11) is 0. The van der Waals surface area contributed by atoms with Crippen molar-refractivity contribution in [3.8, 4) is 0 Å². The second kappa shape index (κ2) is 7.36. The van der Waals surface area contributed by atoms with Crippen LogP contribution in [-0.4, -0.2) is 22.6 Å². The van der Waals surface area contributed by atoms with Gasteiger partial charge in [-0.1, -0.05) is 20.8 Å². The van der Waals surface area contributed by atoms with Crippen LogP contribution in [0.5, 0.6) is 0 Å². The third kappa shape index (κ3) is 5.49. The van der Waals surface area contributed by atoms with Gasteiger partial charge in [0.2, 0.25) is 0 Å². The summed E-state index contributed by atoms with van der Waals surface area (Å²) in [5.74, 6) is -0.0500. The van der Waals surface area contributed by atoms with Gasteiger partial charge in [-0.15, -0.1) is 11.3 Å². The molecule has 18 heavy (non-hydrogen) atoms. The quantitative estimate of drug-likeness (QED) is 0.761. The van der Waals surface area contributed by atoms with E-state index in [0.29, 0.717) is 12.5 Å². The molecular weight excluding hydrogens is 248 g/mol. The summed E-state index contributed by atoms with van der Waals surface area (Å²) in [4.78, 5) is 15.2. The second-order valence-electron chi connectivity index (χ2n) is 4.97. The number of nitrogens with one attached hydrogen (secondary N) is 1. The molecule has 0 aromatic carbocycles. The lowest BCUT2D eigenvalue weighted by atomic mass is 9.94. The maximum Gasteiger partial charge on any atom is 0.303 e. The van der Waals surface area contributed by atoms with Gasteiger partial charge in [0.15, 0.2) is 5.13 Å². The zero-order valence-corrected chi connectivity index (χ0v) is 12.1. The Kier molecular flexibility index (Phi) is 6.12. The molecule has 102 valence electrons. The molecule has 2 N–H and O–H groups in total. The van der Waals surface area contributed by atoms with Crippen molar-refractivity contribution in [2.24, 2.45) is 11.8 Å². The summed E-state index contributed by atoms with van der Waals surface area (Å²) in [6.07, 6.45) is 2.07. The van der Waals surface area contributed by atoms with Crippen molar-refractivity contribution < 1.29 is 9.90 Å². The number of nitrogens with zero attached hydrogens (tertiary/aromatic N) is 1. The van der Waals surface area contributed by atoms with Crippen LogP contribution in [-0.2, 0) is 11.2 Å². The van der Waals surface area contributed by atoms with Crippen LogP contribution in [0.2, 0.25) is 0 Å². The Bertz CT molecular complexity index is 377. The van der Waals surface area contributed by atoms with E-state index in [1.165, 1.54) is 0 Å². The van der Waals surface area contributed by atoms with E-state index < -0.39 is 5.97 Å². The van der Waals surface area contributed by atoms with Gasteiger partial charge in [-0.3, -0.25) is 4.79 Å². The number of aryl methyl sites for hydroxylation is 1. The van der Waals surface area contributed by atoms with Gasteiger partial charge in [-0.2, -0.15) is 0 Å². The summed E-state index contributed by atoms with van der Waals surface area (Å²) in [6, 6.07) is 0. The van der Waals surface area contributed by atoms with Gasteiger partial charge in [0.25, 0.3) is 0 Å². The number of hydrogen-bond acceptors (Lipinski definition) is 4. The highest BCUT2D eigenvalue weighted by Gasteiger charge is 2.15. The van der Waals surface area contributed by atoms with Crippen LogP contribution in [0, 0.1) is 11.8 Å². The molecule has 1 aromatic heterocycles. The Morgan fingerprint density at radius 2 is 2.28 bits per heavy atom. The molecule has 0 aliphatic carbocycles. The molecule has 0 saturated carbocycles. The lowest BCUT2D eigenvalue weighted by Crippen LogP contribution is -2.19. The summed E-state index contributed by atoms with van der Waals surface area (Å²) in [6.45, 7) is 6.99. The smallest absolute Gasteiger partial charge is 0.303 e. The van der Waals surface area contributed by atoms with E-state index in [-0.39, 0.29) is 12.3 Å². The number of aromatic nitrogens is 1. The van der Waals surface area contributed by atoms with E-state index >= 15 is 0 Å². The number of carbonyl (C=O) groups is 1. The molecule has 5 heteroatoms. The molecular formula is C13H22N2O2S. The van der Waals surface area contributed by atoms with Crippen molar-refractivity contribution in [2.75, 3.05) is 11.9 Å². The Hall–Kier alpha value is -1.10.